The quantitative estimate of drug-likeness (QED) is 0.838. The van der Waals surface area contributed by atoms with Crippen LogP contribution in [0.25, 0.3) is 0 Å². The van der Waals surface area contributed by atoms with Gasteiger partial charge >= 0.3 is 0 Å². The van der Waals surface area contributed by atoms with Crippen molar-refractivity contribution >= 4 is 16.9 Å². The first-order chi connectivity index (χ1) is 8.41. The summed E-state index contributed by atoms with van der Waals surface area (Å²) < 4.78 is 26.9. The predicted molar refractivity (Wildman–Crippen MR) is 67.6 cm³/mol. The zero-order valence-corrected chi connectivity index (χ0v) is 11.1. The van der Waals surface area contributed by atoms with Crippen LogP contribution < -0.4 is 0 Å². The lowest BCUT2D eigenvalue weighted by molar-refractivity contribution is -0.119. The van der Waals surface area contributed by atoms with E-state index in [1.807, 2.05) is 13.8 Å². The van der Waals surface area contributed by atoms with Gasteiger partial charge in [0.2, 0.25) is 5.12 Å². The molecule has 0 aromatic heterocycles. The molecule has 2 nitrogen and oxygen atoms in total. The van der Waals surface area contributed by atoms with Crippen LogP contribution in [0.3, 0.4) is 0 Å². The first kappa shape index (κ1) is 15.1. The molecule has 0 unspecified atom stereocenters. The van der Waals surface area contributed by atoms with Crippen LogP contribution in [0.1, 0.15) is 20.3 Å². The van der Waals surface area contributed by atoms with Crippen molar-refractivity contribution in [2.24, 2.45) is 5.92 Å². The van der Waals surface area contributed by atoms with Crippen LogP contribution in [-0.4, -0.2) is 22.5 Å². The highest BCUT2D eigenvalue weighted by Crippen LogP contribution is 2.26. The molecule has 0 heterocycles. The molecule has 0 aliphatic rings. The summed E-state index contributed by atoms with van der Waals surface area (Å²) in [6, 6.07) is 5.66. The van der Waals surface area contributed by atoms with E-state index in [1.54, 1.807) is 6.07 Å². The van der Waals surface area contributed by atoms with Gasteiger partial charge in [-0.3, -0.25) is 4.79 Å². The lowest BCUT2D eigenvalue weighted by Crippen LogP contribution is -2.29. The molecular formula is C13H16F2O2S. The van der Waals surface area contributed by atoms with E-state index in [9.17, 15) is 18.7 Å². The maximum atomic E-state index is 13.6. The molecule has 2 atom stereocenters. The average molecular weight is 274 g/mol. The van der Waals surface area contributed by atoms with Gasteiger partial charge < -0.3 is 5.11 Å². The summed E-state index contributed by atoms with van der Waals surface area (Å²) in [7, 11) is 0. The zero-order valence-electron chi connectivity index (χ0n) is 10.3. The number of benzene rings is 1. The van der Waals surface area contributed by atoms with E-state index in [0.717, 1.165) is 0 Å². The normalized spacial score (nSPS) is 14.6. The van der Waals surface area contributed by atoms with E-state index >= 15 is 0 Å². The Labute approximate surface area is 109 Å². The minimum absolute atomic E-state index is 0.0712. The van der Waals surface area contributed by atoms with Crippen LogP contribution in [-0.2, 0) is 4.79 Å². The van der Waals surface area contributed by atoms with Crippen molar-refractivity contribution in [1.29, 1.82) is 0 Å². The van der Waals surface area contributed by atoms with Crippen molar-refractivity contribution < 1.29 is 18.7 Å². The minimum atomic E-state index is -1.99. The van der Waals surface area contributed by atoms with Gasteiger partial charge in [0.1, 0.15) is 5.82 Å². The van der Waals surface area contributed by atoms with Gasteiger partial charge in [-0.25, -0.2) is 8.78 Å². The Morgan fingerprint density at radius 1 is 1.39 bits per heavy atom. The second-order valence-corrected chi connectivity index (χ2v) is 5.50. The third-order valence-electron chi connectivity index (χ3n) is 2.32. The van der Waals surface area contributed by atoms with Crippen LogP contribution in [0.2, 0.25) is 0 Å². The van der Waals surface area contributed by atoms with Gasteiger partial charge in [-0.1, -0.05) is 26.0 Å². The fourth-order valence-electron chi connectivity index (χ4n) is 1.45. The predicted octanol–water partition coefficient (Wildman–Crippen LogP) is 3.19. The fraction of sp³-hybridized carbons (Fsp3) is 0.462. The van der Waals surface area contributed by atoms with E-state index in [0.29, 0.717) is 11.8 Å². The topological polar surface area (TPSA) is 37.3 Å². The summed E-state index contributed by atoms with van der Waals surface area (Å²) >= 11 is 0.485. The summed E-state index contributed by atoms with van der Waals surface area (Å²) in [6.45, 7) is 3.65. The second-order valence-electron chi connectivity index (χ2n) is 4.45. The number of hydrogen-bond acceptors (Lipinski definition) is 3. The number of aliphatic hydroxyl groups excluding tert-OH is 1. The van der Waals surface area contributed by atoms with Gasteiger partial charge in [0.25, 0.3) is 0 Å². The SMILES string of the molecule is CC(C)C[C@H](O)[C@H](F)C(=O)Sc1ccccc1F. The van der Waals surface area contributed by atoms with Crippen molar-refractivity contribution in [3.63, 3.8) is 0 Å². The van der Waals surface area contributed by atoms with Crippen LogP contribution >= 0.6 is 11.8 Å². The van der Waals surface area contributed by atoms with E-state index < -0.39 is 23.2 Å². The highest BCUT2D eigenvalue weighted by molar-refractivity contribution is 8.13. The van der Waals surface area contributed by atoms with Crippen molar-refractivity contribution in [1.82, 2.24) is 0 Å². The van der Waals surface area contributed by atoms with E-state index in [4.69, 9.17) is 0 Å². The van der Waals surface area contributed by atoms with Gasteiger partial charge in [-0.15, -0.1) is 0 Å². The van der Waals surface area contributed by atoms with Crippen molar-refractivity contribution in [2.45, 2.75) is 37.4 Å². The Bertz CT molecular complexity index is 410. The lowest BCUT2D eigenvalue weighted by atomic mass is 10.0. The average Bonchev–Trinajstić information content (AvgIpc) is 2.30. The number of alkyl halides is 1. The monoisotopic (exact) mass is 274 g/mol. The van der Waals surface area contributed by atoms with Crippen LogP contribution in [0.5, 0.6) is 0 Å². The molecule has 0 bridgehead atoms. The number of halogens is 2. The molecule has 0 fully saturated rings. The molecule has 18 heavy (non-hydrogen) atoms. The molecule has 0 saturated carbocycles. The molecule has 0 aliphatic heterocycles. The number of rotatable bonds is 5. The van der Waals surface area contributed by atoms with E-state index in [1.165, 1.54) is 18.2 Å². The molecule has 0 spiro atoms. The zero-order chi connectivity index (χ0) is 13.7. The van der Waals surface area contributed by atoms with Gasteiger partial charge in [-0.2, -0.15) is 0 Å². The third kappa shape index (κ3) is 4.38. The molecule has 0 saturated heterocycles. The first-order valence-electron chi connectivity index (χ1n) is 5.70. The van der Waals surface area contributed by atoms with Crippen molar-refractivity contribution in [3.8, 4) is 0 Å². The summed E-state index contributed by atoms with van der Waals surface area (Å²) in [5.74, 6) is -0.481. The molecule has 0 aliphatic carbocycles. The van der Waals surface area contributed by atoms with Crippen LogP contribution in [0.15, 0.2) is 29.2 Å². The number of thioether (sulfide) groups is 1. The van der Waals surface area contributed by atoms with E-state index in [2.05, 4.69) is 0 Å². The Kier molecular flexibility index (Phi) is 5.75. The Morgan fingerprint density at radius 2 is 2.00 bits per heavy atom. The molecule has 1 rings (SSSR count). The maximum absolute atomic E-state index is 13.6. The molecule has 1 aromatic carbocycles. The number of aliphatic hydroxyl groups is 1. The number of carbonyl (C=O) groups excluding carboxylic acids is 1. The fourth-order valence-corrected chi connectivity index (χ4v) is 2.25. The van der Waals surface area contributed by atoms with Gasteiger partial charge in [0.05, 0.1) is 11.0 Å². The lowest BCUT2D eigenvalue weighted by Gasteiger charge is -2.16. The molecule has 100 valence electrons. The summed E-state index contributed by atoms with van der Waals surface area (Å²) in [6.07, 6.45) is -3.13. The third-order valence-corrected chi connectivity index (χ3v) is 3.30. The summed E-state index contributed by atoms with van der Waals surface area (Å²) in [5.41, 5.74) is 0. The highest BCUT2D eigenvalue weighted by Gasteiger charge is 2.28. The second kappa shape index (κ2) is 6.85. The molecular weight excluding hydrogens is 258 g/mol. The van der Waals surface area contributed by atoms with Crippen LogP contribution in [0, 0.1) is 11.7 Å². The number of carbonyl (C=O) groups is 1. The van der Waals surface area contributed by atoms with Crippen molar-refractivity contribution in [2.75, 3.05) is 0 Å². The Morgan fingerprint density at radius 3 is 2.56 bits per heavy atom. The van der Waals surface area contributed by atoms with Crippen molar-refractivity contribution in [3.05, 3.63) is 30.1 Å². The standard InChI is InChI=1S/C13H16F2O2S/c1-8(2)7-10(16)12(15)13(17)18-11-6-4-3-5-9(11)14/h3-6,8,10,12,16H,7H2,1-2H3/t10-,12-/m0/s1. The van der Waals surface area contributed by atoms with Gasteiger partial charge in [0, 0.05) is 0 Å². The molecule has 0 radical (unpaired) electrons. The Balaban J connectivity index is 2.63. The Hall–Kier alpha value is -0.940. The first-order valence-corrected chi connectivity index (χ1v) is 6.51. The molecule has 0 amide bonds. The molecule has 5 heteroatoms. The molecule has 1 N–H and O–H groups in total. The van der Waals surface area contributed by atoms with Gasteiger partial charge in [0.15, 0.2) is 6.17 Å². The minimum Gasteiger partial charge on any atom is -0.390 e. The summed E-state index contributed by atoms with van der Waals surface area (Å²) in [4.78, 5) is 11.6. The molecule has 1 aromatic rings. The highest BCUT2D eigenvalue weighted by atomic mass is 32.2. The smallest absolute Gasteiger partial charge is 0.230 e. The largest absolute Gasteiger partial charge is 0.390 e. The van der Waals surface area contributed by atoms with E-state index in [-0.39, 0.29) is 17.2 Å². The number of hydrogen-bond donors (Lipinski definition) is 1. The summed E-state index contributed by atoms with van der Waals surface area (Å²) in [5, 5.41) is 8.64. The maximum Gasteiger partial charge on any atom is 0.230 e. The van der Waals surface area contributed by atoms with Gasteiger partial charge in [-0.05, 0) is 36.2 Å². The van der Waals surface area contributed by atoms with Crippen LogP contribution in [0.4, 0.5) is 8.78 Å².